The van der Waals surface area contributed by atoms with E-state index in [2.05, 4.69) is 136 Å². The number of ether oxygens (including phenoxy) is 2. The van der Waals surface area contributed by atoms with Crippen LogP contribution < -0.4 is 9.16 Å². The monoisotopic (exact) mass is 788 g/mol. The van der Waals surface area contributed by atoms with Crippen LogP contribution in [0, 0.1) is 0 Å². The summed E-state index contributed by atoms with van der Waals surface area (Å²) in [5, 5.41) is 12.3. The highest BCUT2D eigenvalue weighted by atomic mass is 28.4. The number of ketones is 1. The van der Waals surface area contributed by atoms with Crippen molar-refractivity contribution in [3.8, 4) is 11.5 Å². The molecule has 1 aromatic rings. The van der Waals surface area contributed by atoms with Crippen molar-refractivity contribution in [1.29, 1.82) is 0 Å². The fraction of sp³-hybridized carbons (Fsp3) is 0.744. The van der Waals surface area contributed by atoms with E-state index in [0.717, 1.165) is 11.3 Å². The Bertz CT molecular complexity index is 1550. The molecule has 3 rings (SSSR count). The molecule has 1 aliphatic carbocycles. The van der Waals surface area contributed by atoms with Crippen LogP contribution in [0.2, 0.25) is 52.9 Å². The minimum Gasteiger partial charge on any atom is -0.542 e. The van der Waals surface area contributed by atoms with Crippen molar-refractivity contribution >= 4 is 30.7 Å². The van der Waals surface area contributed by atoms with E-state index in [9.17, 15) is 9.90 Å². The van der Waals surface area contributed by atoms with Gasteiger partial charge in [0.15, 0.2) is 28.0 Å². The summed E-state index contributed by atoms with van der Waals surface area (Å²) in [4.78, 5) is 13.6. The van der Waals surface area contributed by atoms with Crippen molar-refractivity contribution in [1.82, 2.24) is 0 Å². The van der Waals surface area contributed by atoms with E-state index in [-0.39, 0.29) is 28.0 Å². The van der Waals surface area contributed by atoms with Crippen LogP contribution in [0.3, 0.4) is 0 Å². The van der Waals surface area contributed by atoms with Crippen molar-refractivity contribution in [2.24, 2.45) is 0 Å². The van der Waals surface area contributed by atoms with E-state index in [4.69, 9.17) is 22.8 Å². The molecule has 0 amide bonds. The van der Waals surface area contributed by atoms with Crippen LogP contribution in [0.4, 0.5) is 0 Å². The first-order chi connectivity index (χ1) is 23.9. The number of carbonyl (C=O) groups excluding carboxylic acids is 1. The zero-order valence-corrected chi connectivity index (χ0v) is 40.4. The largest absolute Gasteiger partial charge is 0.542 e. The molecule has 0 bridgehead atoms. The van der Waals surface area contributed by atoms with Gasteiger partial charge < -0.3 is 27.9 Å². The lowest BCUT2D eigenvalue weighted by Crippen LogP contribution is -2.54. The third kappa shape index (κ3) is 7.85. The molecule has 0 fully saturated rings. The number of rotatable bonds is 15. The third-order valence-corrected chi connectivity index (χ3v) is 28.8. The zero-order chi connectivity index (χ0) is 41.1. The SMILES string of the molecule is COC1=C(C)C(O)(c2ccc(O[Si](C(C)C)(C(C)C)C(C)C)c3c2O[C@H](C)[C@]3(C)[C@@H](C/C=C(/C)CO[Si](C)(C)C(C)(C)C)O[Si](C)(C)C(C)(C)C)C1=O. The molecule has 4 atom stereocenters. The summed E-state index contributed by atoms with van der Waals surface area (Å²) in [5.41, 5.74) is 1.42. The van der Waals surface area contributed by atoms with Gasteiger partial charge in [-0.2, -0.15) is 0 Å². The number of methoxy groups -OCH3 is 1. The number of hydrogen-bond donors (Lipinski definition) is 1. The number of Topliss-reactive ketones (excluding diaryl/α,β-unsaturated/α-hetero) is 1. The highest BCUT2D eigenvalue weighted by Crippen LogP contribution is 2.59. The maximum atomic E-state index is 13.6. The van der Waals surface area contributed by atoms with Gasteiger partial charge in [0.05, 0.1) is 25.2 Å². The van der Waals surface area contributed by atoms with Gasteiger partial charge in [0.25, 0.3) is 8.32 Å². The Hall–Kier alpha value is -1.70. The van der Waals surface area contributed by atoms with Crippen molar-refractivity contribution in [2.75, 3.05) is 13.7 Å². The maximum Gasteiger partial charge on any atom is 0.258 e. The number of hydrogen-bond acceptors (Lipinski definition) is 7. The molecule has 10 heteroatoms. The van der Waals surface area contributed by atoms with Gasteiger partial charge in [0, 0.05) is 16.7 Å². The Labute approximate surface area is 327 Å². The van der Waals surface area contributed by atoms with Gasteiger partial charge in [0.2, 0.25) is 5.78 Å². The maximum absolute atomic E-state index is 13.6. The lowest BCUT2D eigenvalue weighted by atomic mass is 9.69. The Balaban J connectivity index is 2.37. The second kappa shape index (κ2) is 15.3. The second-order valence-electron chi connectivity index (χ2n) is 20.2. The van der Waals surface area contributed by atoms with Crippen molar-refractivity contribution in [3.63, 3.8) is 0 Å². The van der Waals surface area contributed by atoms with Crippen LogP contribution in [0.25, 0.3) is 0 Å². The minimum absolute atomic E-state index is 0.0422. The second-order valence-corrected chi connectivity index (χ2v) is 35.1. The molecule has 0 spiro atoms. The average molecular weight is 789 g/mol. The quantitative estimate of drug-likeness (QED) is 0.140. The van der Waals surface area contributed by atoms with E-state index < -0.39 is 41.8 Å². The smallest absolute Gasteiger partial charge is 0.258 e. The number of carbonyl (C=O) groups is 1. The normalized spacial score (nSPS) is 23.8. The molecule has 1 unspecified atom stereocenters. The molecule has 1 heterocycles. The van der Waals surface area contributed by atoms with Crippen molar-refractivity contribution in [2.45, 2.75) is 193 Å². The van der Waals surface area contributed by atoms with Gasteiger partial charge in [-0.1, -0.05) is 94.7 Å². The van der Waals surface area contributed by atoms with Crippen LogP contribution in [0.15, 0.2) is 35.1 Å². The lowest BCUT2D eigenvalue weighted by Gasteiger charge is -2.47. The average Bonchev–Trinajstić information content (AvgIpc) is 3.29. The summed E-state index contributed by atoms with van der Waals surface area (Å²) in [6, 6.07) is 3.83. The highest BCUT2D eigenvalue weighted by Gasteiger charge is 2.60. The number of fused-ring (bicyclic) bond motifs is 1. The van der Waals surface area contributed by atoms with Crippen LogP contribution in [-0.4, -0.2) is 61.8 Å². The van der Waals surface area contributed by atoms with Gasteiger partial charge in [-0.3, -0.25) is 4.79 Å². The van der Waals surface area contributed by atoms with E-state index in [1.165, 1.54) is 12.7 Å². The highest BCUT2D eigenvalue weighted by molar-refractivity contribution is 6.78. The Morgan fingerprint density at radius 2 is 1.45 bits per heavy atom. The minimum atomic E-state index is -2.46. The molecule has 7 nitrogen and oxygen atoms in total. The Morgan fingerprint density at radius 3 is 1.89 bits per heavy atom. The zero-order valence-electron chi connectivity index (χ0n) is 37.4. The number of benzene rings is 1. The fourth-order valence-corrected chi connectivity index (χ4v) is 15.7. The van der Waals surface area contributed by atoms with Gasteiger partial charge in [-0.05, 0) is 99.1 Å². The van der Waals surface area contributed by atoms with Gasteiger partial charge in [-0.25, -0.2) is 0 Å². The molecule has 2 aliphatic rings. The summed E-state index contributed by atoms with van der Waals surface area (Å²) < 4.78 is 34.1. The first kappa shape index (κ1) is 45.7. The summed E-state index contributed by atoms with van der Waals surface area (Å²) in [6.45, 7) is 45.4. The standard InChI is InChI=1S/C43H76O7Si3/c1-27(2)53(28(3)4,29(5)6)49-34-24-23-33(43(45)31(8)37(46-17)39(43)44)38-36(34)42(16,32(9)48-38)35(50-52(20,21)41(13,14)15)25-22-30(7)26-47-51(18,19)40(10,11)12/h22-24,27-29,32,35,45H,25-26H2,1-21H3/b30-22-/t32-,35-,42-,43?/m1/s1. The first-order valence-corrected chi connectivity index (χ1v) is 27.9. The molecule has 1 aromatic carbocycles. The molecule has 0 radical (unpaired) electrons. The van der Waals surface area contributed by atoms with E-state index >= 15 is 0 Å². The molecule has 0 saturated heterocycles. The van der Waals surface area contributed by atoms with Crippen LogP contribution in [-0.2, 0) is 29.4 Å². The van der Waals surface area contributed by atoms with E-state index in [1.54, 1.807) is 6.92 Å². The van der Waals surface area contributed by atoms with E-state index in [0.29, 0.717) is 46.5 Å². The van der Waals surface area contributed by atoms with Gasteiger partial charge in [0.1, 0.15) is 17.6 Å². The van der Waals surface area contributed by atoms with Gasteiger partial charge >= 0.3 is 0 Å². The lowest BCUT2D eigenvalue weighted by molar-refractivity contribution is -0.140. The first-order valence-electron chi connectivity index (χ1n) is 19.9. The fourth-order valence-electron chi connectivity index (χ4n) is 8.04. The van der Waals surface area contributed by atoms with Crippen LogP contribution >= 0.6 is 0 Å². The molecule has 1 N–H and O–H groups in total. The van der Waals surface area contributed by atoms with Crippen molar-refractivity contribution < 1.29 is 32.7 Å². The van der Waals surface area contributed by atoms with Crippen LogP contribution in [0.1, 0.15) is 128 Å². The summed E-state index contributed by atoms with van der Waals surface area (Å²) >= 11 is 0. The molecular formula is C43H76O7Si3. The predicted molar refractivity (Wildman–Crippen MR) is 228 cm³/mol. The topological polar surface area (TPSA) is 83.5 Å². The molecule has 0 saturated carbocycles. The van der Waals surface area contributed by atoms with Crippen molar-refractivity contribution in [3.05, 3.63) is 46.2 Å². The Morgan fingerprint density at radius 1 is 0.943 bits per heavy atom. The summed E-state index contributed by atoms with van der Waals surface area (Å²) in [7, 11) is -5.29. The third-order valence-electron chi connectivity index (χ3n) is 13.9. The molecular weight excluding hydrogens is 713 g/mol. The summed E-state index contributed by atoms with van der Waals surface area (Å²) in [5.74, 6) is 1.03. The summed E-state index contributed by atoms with van der Waals surface area (Å²) in [6.07, 6.45) is 2.28. The van der Waals surface area contributed by atoms with E-state index in [1.807, 2.05) is 12.1 Å². The Kier molecular flexibility index (Phi) is 13.2. The van der Waals surface area contributed by atoms with Gasteiger partial charge in [-0.15, -0.1) is 0 Å². The molecule has 302 valence electrons. The molecule has 53 heavy (non-hydrogen) atoms. The predicted octanol–water partition coefficient (Wildman–Crippen LogP) is 11.7. The molecule has 1 aliphatic heterocycles. The molecule has 0 aromatic heterocycles. The number of aliphatic hydroxyl groups is 1. The van der Waals surface area contributed by atoms with Crippen LogP contribution in [0.5, 0.6) is 11.5 Å².